The highest BCUT2D eigenvalue weighted by molar-refractivity contribution is 5.75. The van der Waals surface area contributed by atoms with Crippen molar-refractivity contribution in [2.45, 2.75) is 0 Å². The van der Waals surface area contributed by atoms with Crippen molar-refractivity contribution in [3.8, 4) is 0 Å². The van der Waals surface area contributed by atoms with E-state index in [1.165, 1.54) is 7.11 Å². The summed E-state index contributed by atoms with van der Waals surface area (Å²) >= 11 is 0. The van der Waals surface area contributed by atoms with Crippen molar-refractivity contribution in [3.05, 3.63) is 0 Å². The molecule has 0 atom stereocenters. The van der Waals surface area contributed by atoms with Gasteiger partial charge in [-0.2, -0.15) is 0 Å². The van der Waals surface area contributed by atoms with Gasteiger partial charge in [0.25, 0.3) is 0 Å². The van der Waals surface area contributed by atoms with E-state index >= 15 is 0 Å². The first-order chi connectivity index (χ1) is 4.18. The van der Waals surface area contributed by atoms with E-state index in [4.69, 9.17) is 16.7 Å². The quantitative estimate of drug-likeness (QED) is 0.111. The molecule has 0 radical (unpaired) electrons. The van der Waals surface area contributed by atoms with Gasteiger partial charge in [-0.1, -0.05) is 5.04 Å². The van der Waals surface area contributed by atoms with Crippen LogP contribution in [0, 0.1) is 0 Å². The van der Waals surface area contributed by atoms with E-state index in [9.17, 15) is 0 Å². The number of hydrogen-bond acceptors (Lipinski definition) is 5. The summed E-state index contributed by atoms with van der Waals surface area (Å²) in [5, 5.41) is 13.1. The lowest BCUT2D eigenvalue weighted by atomic mass is 11.1. The van der Waals surface area contributed by atoms with Crippen molar-refractivity contribution in [1.82, 2.24) is 0 Å². The van der Waals surface area contributed by atoms with Crippen LogP contribution in [-0.4, -0.2) is 18.3 Å². The van der Waals surface area contributed by atoms with E-state index < -0.39 is 0 Å². The van der Waals surface area contributed by atoms with Crippen LogP contribution >= 0.6 is 0 Å². The second-order valence-corrected chi connectivity index (χ2v) is 0.795. The van der Waals surface area contributed by atoms with Crippen LogP contribution in [0.3, 0.4) is 0 Å². The van der Waals surface area contributed by atoms with E-state index in [2.05, 4.69) is 20.9 Å². The number of hydrogen-bond donors (Lipinski definition) is 4. The molecule has 7 nitrogen and oxygen atoms in total. The zero-order chi connectivity index (χ0) is 7.70. The van der Waals surface area contributed by atoms with Crippen LogP contribution < -0.4 is 17.3 Å². The largest absolute Gasteiger partial charge is 0.369 e. The molecular formula is C2H10N4O3. The second-order valence-electron chi connectivity index (χ2n) is 0.795. The second kappa shape index (κ2) is 10.0. The first-order valence-corrected chi connectivity index (χ1v) is 1.82. The Morgan fingerprint density at radius 1 is 1.56 bits per heavy atom. The van der Waals surface area contributed by atoms with E-state index in [1.807, 2.05) is 0 Å². The Balaban J connectivity index is 0. The van der Waals surface area contributed by atoms with Crippen LogP contribution in [0.1, 0.15) is 0 Å². The third-order valence-corrected chi connectivity index (χ3v) is 0.224. The highest BCUT2D eigenvalue weighted by Gasteiger charge is 1.62. The summed E-state index contributed by atoms with van der Waals surface area (Å²) in [6, 6.07) is 0. The Kier molecular flexibility index (Phi) is 12.1. The summed E-state index contributed by atoms with van der Waals surface area (Å²) in [7, 11) is 1.21. The molecule has 0 aliphatic carbocycles. The summed E-state index contributed by atoms with van der Waals surface area (Å²) in [5.74, 6) is 4.42. The highest BCUT2D eigenvalue weighted by Crippen LogP contribution is 1.50. The fourth-order valence-corrected chi connectivity index (χ4v) is 0. The molecule has 0 heterocycles. The van der Waals surface area contributed by atoms with Gasteiger partial charge in [0.1, 0.15) is 0 Å². The molecule has 0 rings (SSSR count). The van der Waals surface area contributed by atoms with Crippen molar-refractivity contribution in [3.63, 3.8) is 0 Å². The molecule has 0 bridgehead atoms. The van der Waals surface area contributed by atoms with Gasteiger partial charge in [0, 0.05) is 0 Å². The Morgan fingerprint density at radius 3 is 1.78 bits per heavy atom. The topological polar surface area (TPSA) is 129 Å². The minimum Gasteiger partial charge on any atom is -0.369 e. The first kappa shape index (κ1) is 10.8. The summed E-state index contributed by atoms with van der Waals surface area (Å²) in [4.78, 5) is 3.60. The predicted octanol–water partition coefficient (Wildman–Crippen LogP) is -1.83. The molecule has 0 fully saturated rings. The predicted molar refractivity (Wildman–Crippen MR) is 30.7 cm³/mol. The molecule has 0 unspecified atom stereocenters. The van der Waals surface area contributed by atoms with Gasteiger partial charge in [-0.25, -0.2) is 10.1 Å². The molecule has 0 saturated heterocycles. The third-order valence-electron chi connectivity index (χ3n) is 0.224. The van der Waals surface area contributed by atoms with Crippen molar-refractivity contribution in [1.29, 1.82) is 0 Å². The van der Waals surface area contributed by atoms with Crippen LogP contribution in [0.4, 0.5) is 0 Å². The summed E-state index contributed by atoms with van der Waals surface area (Å²) < 4.78 is 0. The molecule has 56 valence electrons. The van der Waals surface area contributed by atoms with Crippen molar-refractivity contribution < 1.29 is 15.2 Å². The van der Waals surface area contributed by atoms with Gasteiger partial charge in [0.15, 0.2) is 0 Å². The summed E-state index contributed by atoms with van der Waals surface area (Å²) in [5.41, 5.74) is 9.39. The van der Waals surface area contributed by atoms with Gasteiger partial charge in [0.2, 0.25) is 5.96 Å². The van der Waals surface area contributed by atoms with Gasteiger partial charge in [-0.15, -0.1) is 5.10 Å². The maximum atomic E-state index is 7.15. The summed E-state index contributed by atoms with van der Waals surface area (Å²) in [6.07, 6.45) is 0. The lowest BCUT2D eigenvalue weighted by Gasteiger charge is -1.76. The molecule has 0 aromatic heterocycles. The Hall–Kier alpha value is -1.05. The number of hydrazone groups is 1. The minimum atomic E-state index is -0.0926. The molecular weight excluding hydrogens is 128 g/mol. The lowest BCUT2D eigenvalue weighted by Crippen LogP contribution is -2.23. The zero-order valence-corrected chi connectivity index (χ0v) is 4.94. The van der Waals surface area contributed by atoms with E-state index in [0.717, 1.165) is 0 Å². The molecule has 9 heavy (non-hydrogen) atoms. The normalized spacial score (nSPS) is 6.89. The molecule has 0 aliphatic heterocycles. The Bertz CT molecular complexity index is 68.2. The van der Waals surface area contributed by atoms with Crippen LogP contribution in [0.2, 0.25) is 0 Å². The fourth-order valence-electron chi connectivity index (χ4n) is 0. The average Bonchev–Trinajstić information content (AvgIpc) is 1.89. The fraction of sp³-hybridized carbons (Fsp3) is 0.500. The van der Waals surface area contributed by atoms with E-state index in [1.54, 1.807) is 0 Å². The lowest BCUT2D eigenvalue weighted by molar-refractivity contribution is -0.479. The van der Waals surface area contributed by atoms with Crippen molar-refractivity contribution >= 4 is 5.96 Å². The minimum absolute atomic E-state index is 0.0926. The van der Waals surface area contributed by atoms with Gasteiger partial charge in [-0.05, 0) is 0 Å². The molecule has 0 spiro atoms. The molecule has 7 heteroatoms. The maximum Gasteiger partial charge on any atom is 0.208 e. The average molecular weight is 138 g/mol. The third kappa shape index (κ3) is 44.8. The Morgan fingerprint density at radius 2 is 1.78 bits per heavy atom. The standard InChI is InChI=1S/CH6N4.CH4O3/c2-1(3)5-4;1-3-4-2/h4H2,(H4,2,3,5);2H,1H3. The summed E-state index contributed by atoms with van der Waals surface area (Å²) in [6.45, 7) is 0. The SMILES string of the molecule is COOO.NN=C(N)N. The van der Waals surface area contributed by atoms with Gasteiger partial charge < -0.3 is 17.3 Å². The van der Waals surface area contributed by atoms with E-state index in [0.29, 0.717) is 0 Å². The maximum absolute atomic E-state index is 7.15. The van der Waals surface area contributed by atoms with Crippen LogP contribution in [0.25, 0.3) is 0 Å². The van der Waals surface area contributed by atoms with Gasteiger partial charge >= 0.3 is 0 Å². The molecule has 0 saturated carbocycles. The molecule has 7 N–H and O–H groups in total. The molecule has 0 aromatic carbocycles. The van der Waals surface area contributed by atoms with Gasteiger partial charge in [-0.3, -0.25) is 0 Å². The van der Waals surface area contributed by atoms with Crippen LogP contribution in [0.5, 0.6) is 0 Å². The number of rotatable bonds is 1. The van der Waals surface area contributed by atoms with Crippen molar-refractivity contribution in [2.75, 3.05) is 7.11 Å². The highest BCUT2D eigenvalue weighted by atomic mass is 17.5. The van der Waals surface area contributed by atoms with Gasteiger partial charge in [0.05, 0.1) is 7.11 Å². The Labute approximate surface area is 51.9 Å². The van der Waals surface area contributed by atoms with Crippen LogP contribution in [-0.2, 0) is 9.93 Å². The number of guanidine groups is 1. The molecule has 0 aliphatic rings. The van der Waals surface area contributed by atoms with E-state index in [-0.39, 0.29) is 5.96 Å². The molecule has 0 aromatic rings. The number of nitrogens with two attached hydrogens (primary N) is 3. The molecule has 0 amide bonds. The monoisotopic (exact) mass is 138 g/mol. The number of nitrogens with zero attached hydrogens (tertiary/aromatic N) is 1. The smallest absolute Gasteiger partial charge is 0.208 e. The van der Waals surface area contributed by atoms with Crippen molar-refractivity contribution in [2.24, 2.45) is 22.4 Å². The first-order valence-electron chi connectivity index (χ1n) is 1.82. The zero-order valence-electron chi connectivity index (χ0n) is 4.94. The van der Waals surface area contributed by atoms with Crippen LogP contribution in [0.15, 0.2) is 5.10 Å².